The largest absolute Gasteiger partial charge is 0.309 e. The van der Waals surface area contributed by atoms with Crippen LogP contribution in [0.15, 0.2) is 30.3 Å². The predicted octanol–water partition coefficient (Wildman–Crippen LogP) is 2.49. The van der Waals surface area contributed by atoms with Crippen LogP contribution in [0.2, 0.25) is 0 Å². The van der Waals surface area contributed by atoms with Gasteiger partial charge in [0.05, 0.1) is 0 Å². The van der Waals surface area contributed by atoms with E-state index in [4.69, 9.17) is 0 Å². The van der Waals surface area contributed by atoms with Gasteiger partial charge in [-0.2, -0.15) is 0 Å². The van der Waals surface area contributed by atoms with Gasteiger partial charge in [0.25, 0.3) is 0 Å². The maximum absolute atomic E-state index is 11.3. The molecule has 1 N–H and O–H groups in total. The van der Waals surface area contributed by atoms with Gasteiger partial charge >= 0.3 is 0 Å². The molecule has 94 valence electrons. The van der Waals surface area contributed by atoms with Crippen molar-refractivity contribution in [1.82, 2.24) is 5.32 Å². The summed E-state index contributed by atoms with van der Waals surface area (Å²) in [5.41, 5.74) is 1.36. The van der Waals surface area contributed by atoms with Crippen molar-refractivity contribution in [2.45, 2.75) is 31.1 Å². The third-order valence-corrected chi connectivity index (χ3v) is 4.74. The van der Waals surface area contributed by atoms with Gasteiger partial charge in [0.15, 0.2) is 0 Å². The van der Waals surface area contributed by atoms with Crippen LogP contribution < -0.4 is 5.32 Å². The fourth-order valence-electron chi connectivity index (χ4n) is 2.06. The summed E-state index contributed by atoms with van der Waals surface area (Å²) in [5, 5.41) is 3.81. The summed E-state index contributed by atoms with van der Waals surface area (Å²) >= 11 is 0. The average Bonchev–Trinajstić information content (AvgIpc) is 3.15. The SMILES string of the molecule is C[C@H](CN[C@H](c1ccccc1)C1CC1)[S@](C)=O. The Kier molecular flexibility index (Phi) is 4.35. The topological polar surface area (TPSA) is 29.1 Å². The van der Waals surface area contributed by atoms with Crippen molar-refractivity contribution < 1.29 is 4.21 Å². The normalized spacial score (nSPS) is 20.8. The second kappa shape index (κ2) is 5.78. The van der Waals surface area contributed by atoms with Crippen LogP contribution >= 0.6 is 0 Å². The second-order valence-electron chi connectivity index (χ2n) is 4.94. The maximum Gasteiger partial charge on any atom is 0.0441 e. The highest BCUT2D eigenvalue weighted by molar-refractivity contribution is 7.84. The Morgan fingerprint density at radius 1 is 1.35 bits per heavy atom. The Bertz CT molecular complexity index is 375. The van der Waals surface area contributed by atoms with Gasteiger partial charge < -0.3 is 5.32 Å². The van der Waals surface area contributed by atoms with E-state index in [2.05, 4.69) is 35.6 Å². The van der Waals surface area contributed by atoms with Gasteiger partial charge in [-0.05, 0) is 31.2 Å². The molecule has 1 aliphatic carbocycles. The van der Waals surface area contributed by atoms with Gasteiger partial charge in [-0.25, -0.2) is 0 Å². The van der Waals surface area contributed by atoms with Crippen LogP contribution in [0.1, 0.15) is 31.4 Å². The Morgan fingerprint density at radius 3 is 2.53 bits per heavy atom. The first kappa shape index (κ1) is 12.8. The van der Waals surface area contributed by atoms with Gasteiger partial charge in [0.2, 0.25) is 0 Å². The van der Waals surface area contributed by atoms with Crippen LogP contribution in [0.5, 0.6) is 0 Å². The Hall–Kier alpha value is -0.670. The van der Waals surface area contributed by atoms with E-state index in [9.17, 15) is 4.21 Å². The second-order valence-corrected chi connectivity index (χ2v) is 6.75. The fraction of sp³-hybridized carbons (Fsp3) is 0.571. The molecular weight excluding hydrogens is 230 g/mol. The molecule has 1 aromatic rings. The minimum atomic E-state index is -0.738. The highest BCUT2D eigenvalue weighted by Crippen LogP contribution is 2.40. The quantitative estimate of drug-likeness (QED) is 0.841. The number of nitrogens with one attached hydrogen (secondary N) is 1. The van der Waals surface area contributed by atoms with Gasteiger partial charge in [-0.1, -0.05) is 30.3 Å². The van der Waals surface area contributed by atoms with Crippen molar-refractivity contribution in [2.24, 2.45) is 5.92 Å². The summed E-state index contributed by atoms with van der Waals surface area (Å²) in [5.74, 6) is 0.773. The lowest BCUT2D eigenvalue weighted by Crippen LogP contribution is -2.32. The monoisotopic (exact) mass is 251 g/mol. The molecular formula is C14H21NOS. The molecule has 0 radical (unpaired) electrons. The molecule has 3 heteroatoms. The van der Waals surface area contributed by atoms with Crippen LogP contribution in [0.25, 0.3) is 0 Å². The molecule has 2 rings (SSSR count). The molecule has 1 aliphatic rings. The lowest BCUT2D eigenvalue weighted by molar-refractivity contribution is 0.482. The zero-order chi connectivity index (χ0) is 12.3. The molecule has 17 heavy (non-hydrogen) atoms. The molecule has 0 bridgehead atoms. The van der Waals surface area contributed by atoms with Crippen molar-refractivity contribution in [3.05, 3.63) is 35.9 Å². The smallest absolute Gasteiger partial charge is 0.0441 e. The molecule has 0 saturated heterocycles. The first-order valence-electron chi connectivity index (χ1n) is 6.29. The van der Waals surface area contributed by atoms with Crippen molar-refractivity contribution in [3.8, 4) is 0 Å². The maximum atomic E-state index is 11.3. The van der Waals surface area contributed by atoms with Crippen molar-refractivity contribution in [3.63, 3.8) is 0 Å². The highest BCUT2D eigenvalue weighted by Gasteiger charge is 2.32. The minimum Gasteiger partial charge on any atom is -0.309 e. The number of hydrogen-bond acceptors (Lipinski definition) is 2. The van der Waals surface area contributed by atoms with E-state index in [-0.39, 0.29) is 5.25 Å². The first-order valence-corrected chi connectivity index (χ1v) is 7.91. The van der Waals surface area contributed by atoms with Gasteiger partial charge in [-0.3, -0.25) is 4.21 Å². The molecule has 0 amide bonds. The van der Waals surface area contributed by atoms with E-state index in [1.807, 2.05) is 6.92 Å². The Labute approximate surface area is 106 Å². The molecule has 0 aliphatic heterocycles. The third-order valence-electron chi connectivity index (χ3n) is 3.44. The summed E-state index contributed by atoms with van der Waals surface area (Å²) in [4.78, 5) is 0. The predicted molar refractivity (Wildman–Crippen MR) is 73.4 cm³/mol. The van der Waals surface area contributed by atoms with Crippen molar-refractivity contribution in [2.75, 3.05) is 12.8 Å². The lowest BCUT2D eigenvalue weighted by atomic mass is 10.0. The number of hydrogen-bond donors (Lipinski definition) is 1. The minimum absolute atomic E-state index is 0.222. The number of benzene rings is 1. The standard InChI is InChI=1S/C14H21NOS/c1-11(17(2)16)10-15-14(13-8-9-13)12-6-4-3-5-7-12/h3-7,11,13-15H,8-10H2,1-2H3/t11-,14-,17+/m1/s1. The fourth-order valence-corrected chi connectivity index (χ4v) is 2.39. The van der Waals surface area contributed by atoms with E-state index < -0.39 is 10.8 Å². The van der Waals surface area contributed by atoms with E-state index in [1.54, 1.807) is 6.26 Å². The summed E-state index contributed by atoms with van der Waals surface area (Å²) in [6.45, 7) is 2.87. The molecule has 3 atom stereocenters. The molecule has 0 spiro atoms. The number of rotatable bonds is 6. The summed E-state index contributed by atoms with van der Waals surface area (Å²) in [6, 6.07) is 11.0. The zero-order valence-electron chi connectivity index (χ0n) is 10.6. The van der Waals surface area contributed by atoms with Gasteiger partial charge in [-0.15, -0.1) is 0 Å². The third kappa shape index (κ3) is 3.65. The summed E-state index contributed by atoms with van der Waals surface area (Å²) in [7, 11) is -0.738. The molecule has 1 aromatic carbocycles. The van der Waals surface area contributed by atoms with Gasteiger partial charge in [0, 0.05) is 34.9 Å². The molecule has 0 heterocycles. The van der Waals surface area contributed by atoms with E-state index in [0.717, 1.165) is 12.5 Å². The molecule has 1 fully saturated rings. The summed E-state index contributed by atoms with van der Waals surface area (Å²) < 4.78 is 11.3. The molecule has 0 unspecified atom stereocenters. The molecule has 1 saturated carbocycles. The zero-order valence-corrected chi connectivity index (χ0v) is 11.4. The molecule has 2 nitrogen and oxygen atoms in total. The van der Waals surface area contributed by atoms with E-state index >= 15 is 0 Å². The first-order chi connectivity index (χ1) is 8.18. The van der Waals surface area contributed by atoms with Crippen LogP contribution in [0.3, 0.4) is 0 Å². The molecule has 0 aromatic heterocycles. The van der Waals surface area contributed by atoms with Gasteiger partial charge in [0.1, 0.15) is 0 Å². The van der Waals surface area contributed by atoms with Crippen molar-refractivity contribution >= 4 is 10.8 Å². The van der Waals surface area contributed by atoms with Crippen LogP contribution in [-0.2, 0) is 10.8 Å². The van der Waals surface area contributed by atoms with Crippen molar-refractivity contribution in [1.29, 1.82) is 0 Å². The Balaban J connectivity index is 1.97. The summed E-state index contributed by atoms with van der Waals surface area (Å²) in [6.07, 6.45) is 4.41. The highest BCUT2D eigenvalue weighted by atomic mass is 32.2. The van der Waals surface area contributed by atoms with E-state index in [0.29, 0.717) is 6.04 Å². The van der Waals surface area contributed by atoms with Crippen LogP contribution in [-0.4, -0.2) is 22.3 Å². The Morgan fingerprint density at radius 2 is 2.00 bits per heavy atom. The van der Waals surface area contributed by atoms with Crippen LogP contribution in [0.4, 0.5) is 0 Å². The van der Waals surface area contributed by atoms with Crippen LogP contribution in [0, 0.1) is 5.92 Å². The lowest BCUT2D eigenvalue weighted by Gasteiger charge is -2.20. The average molecular weight is 251 g/mol. The van der Waals surface area contributed by atoms with E-state index in [1.165, 1.54) is 18.4 Å².